The van der Waals surface area contributed by atoms with Gasteiger partial charge in [0.2, 0.25) is 5.91 Å². The van der Waals surface area contributed by atoms with Gasteiger partial charge in [-0.2, -0.15) is 21.6 Å². The maximum absolute atomic E-state index is 12.6. The lowest BCUT2D eigenvalue weighted by molar-refractivity contribution is -0.116. The lowest BCUT2D eigenvalue weighted by Gasteiger charge is -2.29. The summed E-state index contributed by atoms with van der Waals surface area (Å²) in [6, 6.07) is 11.3. The van der Waals surface area contributed by atoms with Crippen LogP contribution in [0.1, 0.15) is 29.5 Å². The maximum atomic E-state index is 12.6. The Morgan fingerprint density at radius 1 is 1.12 bits per heavy atom. The van der Waals surface area contributed by atoms with E-state index in [2.05, 4.69) is 14.4 Å². The fourth-order valence-corrected chi connectivity index (χ4v) is 4.06. The first kappa shape index (κ1) is 26.1. The molecule has 1 aliphatic rings. The van der Waals surface area contributed by atoms with E-state index < -0.39 is 15.6 Å². The quantitative estimate of drug-likeness (QED) is 0.229. The predicted molar refractivity (Wildman–Crippen MR) is 124 cm³/mol. The molecule has 34 heavy (non-hydrogen) atoms. The summed E-state index contributed by atoms with van der Waals surface area (Å²) >= 11 is 5.83. The number of amides is 1. The van der Waals surface area contributed by atoms with Gasteiger partial charge >= 0.3 is 15.6 Å². The number of rotatable bonds is 9. The third-order valence-corrected chi connectivity index (χ3v) is 6.49. The summed E-state index contributed by atoms with van der Waals surface area (Å²) in [5, 5.41) is 3.45. The smallest absolute Gasteiger partial charge is 0.376 e. The molecule has 3 rings (SSSR count). The van der Waals surface area contributed by atoms with E-state index >= 15 is 0 Å². The molecule has 0 saturated heterocycles. The van der Waals surface area contributed by atoms with Crippen molar-refractivity contribution >= 4 is 33.7 Å². The SMILES string of the molecule is O=C(/C=C/c1ccc(Cl)cc1)NCCCCN1CCc2ccc(OS(=O)(=O)C(F)(F)F)cc2C1. The van der Waals surface area contributed by atoms with Crippen LogP contribution in [0.25, 0.3) is 6.08 Å². The molecule has 1 aliphatic heterocycles. The van der Waals surface area contributed by atoms with Gasteiger partial charge in [0.1, 0.15) is 5.75 Å². The van der Waals surface area contributed by atoms with Gasteiger partial charge in [-0.15, -0.1) is 0 Å². The zero-order valence-corrected chi connectivity index (χ0v) is 19.7. The Morgan fingerprint density at radius 3 is 2.56 bits per heavy atom. The van der Waals surface area contributed by atoms with E-state index in [9.17, 15) is 26.4 Å². The molecular weight excluding hydrogens is 493 g/mol. The number of hydrogen-bond donors (Lipinski definition) is 1. The normalized spacial score (nSPS) is 14.7. The first-order valence-corrected chi connectivity index (χ1v) is 12.4. The highest BCUT2D eigenvalue weighted by Crippen LogP contribution is 2.29. The lowest BCUT2D eigenvalue weighted by atomic mass is 9.99. The van der Waals surface area contributed by atoms with Gasteiger partial charge in [-0.05, 0) is 72.8 Å². The minimum absolute atomic E-state index is 0.191. The molecule has 11 heteroatoms. The topological polar surface area (TPSA) is 75.7 Å². The zero-order chi connectivity index (χ0) is 24.8. The maximum Gasteiger partial charge on any atom is 0.534 e. The summed E-state index contributed by atoms with van der Waals surface area (Å²) in [6.07, 6.45) is 5.44. The van der Waals surface area contributed by atoms with Crippen molar-refractivity contribution in [3.8, 4) is 5.75 Å². The Labute approximate surface area is 201 Å². The summed E-state index contributed by atoms with van der Waals surface area (Å²) in [5.74, 6) is -0.546. The highest BCUT2D eigenvalue weighted by atomic mass is 35.5. The zero-order valence-electron chi connectivity index (χ0n) is 18.1. The van der Waals surface area contributed by atoms with Crippen LogP contribution >= 0.6 is 11.6 Å². The van der Waals surface area contributed by atoms with Crippen molar-refractivity contribution in [3.63, 3.8) is 0 Å². The van der Waals surface area contributed by atoms with Crippen molar-refractivity contribution in [1.29, 1.82) is 0 Å². The molecule has 184 valence electrons. The van der Waals surface area contributed by atoms with E-state index in [1.165, 1.54) is 18.2 Å². The lowest BCUT2D eigenvalue weighted by Crippen LogP contribution is -2.32. The number of carbonyl (C=O) groups is 1. The monoisotopic (exact) mass is 516 g/mol. The van der Waals surface area contributed by atoms with Crippen LogP contribution in [-0.2, 0) is 27.9 Å². The molecule has 0 saturated carbocycles. The predicted octanol–water partition coefficient (Wildman–Crippen LogP) is 4.54. The molecule has 0 spiro atoms. The van der Waals surface area contributed by atoms with Crippen LogP contribution < -0.4 is 9.50 Å². The summed E-state index contributed by atoms with van der Waals surface area (Å²) in [4.78, 5) is 14.1. The van der Waals surface area contributed by atoms with Crippen molar-refractivity contribution in [1.82, 2.24) is 10.2 Å². The molecule has 6 nitrogen and oxygen atoms in total. The minimum atomic E-state index is -5.70. The van der Waals surface area contributed by atoms with Gasteiger partial charge in [-0.3, -0.25) is 9.69 Å². The van der Waals surface area contributed by atoms with Gasteiger partial charge in [0.05, 0.1) is 0 Å². The number of alkyl halides is 3. The largest absolute Gasteiger partial charge is 0.534 e. The van der Waals surface area contributed by atoms with Gasteiger partial charge in [-0.25, -0.2) is 0 Å². The molecule has 1 N–H and O–H groups in total. The van der Waals surface area contributed by atoms with Gasteiger partial charge in [0.25, 0.3) is 0 Å². The average molecular weight is 517 g/mol. The summed E-state index contributed by atoms with van der Waals surface area (Å²) in [7, 11) is -5.70. The Kier molecular flexibility index (Phi) is 8.62. The fraction of sp³-hybridized carbons (Fsp3) is 0.348. The molecule has 0 fully saturated rings. The molecule has 0 radical (unpaired) electrons. The molecule has 0 aliphatic carbocycles. The van der Waals surface area contributed by atoms with Gasteiger partial charge in [0, 0.05) is 30.7 Å². The molecule has 0 aromatic heterocycles. The van der Waals surface area contributed by atoms with E-state index in [-0.39, 0.29) is 11.7 Å². The van der Waals surface area contributed by atoms with Crippen molar-refractivity contribution in [2.75, 3.05) is 19.6 Å². The van der Waals surface area contributed by atoms with Crippen LogP contribution in [0.4, 0.5) is 13.2 Å². The highest BCUT2D eigenvalue weighted by molar-refractivity contribution is 7.88. The van der Waals surface area contributed by atoms with E-state index in [0.29, 0.717) is 24.5 Å². The second kappa shape index (κ2) is 11.2. The first-order valence-electron chi connectivity index (χ1n) is 10.6. The Hall–Kier alpha value is -2.56. The number of benzene rings is 2. The number of halogens is 4. The second-order valence-corrected chi connectivity index (χ2v) is 9.80. The van der Waals surface area contributed by atoms with E-state index in [1.807, 2.05) is 12.1 Å². The summed E-state index contributed by atoms with van der Waals surface area (Å²) < 4.78 is 64.4. The van der Waals surface area contributed by atoms with Gasteiger partial charge < -0.3 is 9.50 Å². The molecular formula is C23H24ClF3N2O4S. The summed E-state index contributed by atoms with van der Waals surface area (Å²) in [5.41, 5.74) is -2.92. The van der Waals surface area contributed by atoms with Gasteiger partial charge in [0.15, 0.2) is 0 Å². The number of unbranched alkanes of at least 4 members (excludes halogenated alkanes) is 1. The average Bonchev–Trinajstić information content (AvgIpc) is 2.77. The first-order chi connectivity index (χ1) is 16.0. The molecule has 0 bridgehead atoms. The minimum Gasteiger partial charge on any atom is -0.376 e. The Balaban J connectivity index is 1.41. The molecule has 2 aromatic rings. The Bertz CT molecular complexity index is 1140. The van der Waals surface area contributed by atoms with Crippen LogP contribution in [-0.4, -0.2) is 44.4 Å². The van der Waals surface area contributed by atoms with E-state index in [1.54, 1.807) is 24.3 Å². The second-order valence-electron chi connectivity index (χ2n) is 7.82. The highest BCUT2D eigenvalue weighted by Gasteiger charge is 2.48. The van der Waals surface area contributed by atoms with Crippen molar-refractivity contribution in [3.05, 3.63) is 70.3 Å². The number of carbonyl (C=O) groups excluding carboxylic acids is 1. The van der Waals surface area contributed by atoms with Gasteiger partial charge in [-0.1, -0.05) is 29.8 Å². The number of nitrogens with one attached hydrogen (secondary N) is 1. The third-order valence-electron chi connectivity index (χ3n) is 5.26. The number of fused-ring (bicyclic) bond motifs is 1. The number of nitrogens with zero attached hydrogens (tertiary/aromatic N) is 1. The van der Waals surface area contributed by atoms with Crippen LogP contribution in [0.2, 0.25) is 5.02 Å². The van der Waals surface area contributed by atoms with E-state index in [0.717, 1.165) is 42.6 Å². The van der Waals surface area contributed by atoms with Crippen LogP contribution in [0.15, 0.2) is 48.5 Å². The van der Waals surface area contributed by atoms with Crippen molar-refractivity contribution < 1.29 is 30.6 Å². The third kappa shape index (κ3) is 7.48. The van der Waals surface area contributed by atoms with Crippen molar-refractivity contribution in [2.24, 2.45) is 0 Å². The van der Waals surface area contributed by atoms with Crippen LogP contribution in [0.5, 0.6) is 5.75 Å². The Morgan fingerprint density at radius 2 is 1.85 bits per heavy atom. The van der Waals surface area contributed by atoms with Crippen LogP contribution in [0.3, 0.4) is 0 Å². The number of hydrogen-bond acceptors (Lipinski definition) is 5. The molecule has 1 amide bonds. The molecule has 0 unspecified atom stereocenters. The standard InChI is InChI=1S/C23H24ClF3N2O4S/c24-20-7-3-17(4-8-20)5-10-22(30)28-12-1-2-13-29-14-11-18-6-9-21(15-19(18)16-29)33-34(31,32)23(25,26)27/h3-10,15H,1-2,11-14,16H2,(H,28,30)/b10-5+. The fourth-order valence-electron chi connectivity index (χ4n) is 3.49. The molecule has 1 heterocycles. The summed E-state index contributed by atoms with van der Waals surface area (Å²) in [6.45, 7) is 2.52. The van der Waals surface area contributed by atoms with E-state index in [4.69, 9.17) is 11.6 Å². The van der Waals surface area contributed by atoms with Crippen LogP contribution in [0, 0.1) is 0 Å². The molecule has 0 atom stereocenters. The van der Waals surface area contributed by atoms with Crippen molar-refractivity contribution in [2.45, 2.75) is 31.3 Å². The molecule has 2 aromatic carbocycles.